The molecule has 9 heteroatoms. The average Bonchev–Trinajstić information content (AvgIpc) is 2.63. The van der Waals surface area contributed by atoms with E-state index in [2.05, 4.69) is 0 Å². The number of rotatable bonds is 8. The normalized spacial score (nSPS) is 12.2. The summed E-state index contributed by atoms with van der Waals surface area (Å²) < 4.78 is 54.3. The van der Waals surface area contributed by atoms with E-state index in [9.17, 15) is 22.8 Å². The van der Waals surface area contributed by atoms with E-state index in [0.29, 0.717) is 35.5 Å². The zero-order chi connectivity index (χ0) is 21.6. The summed E-state index contributed by atoms with van der Waals surface area (Å²) in [4.78, 5) is 21.9. The van der Waals surface area contributed by atoms with Crippen molar-refractivity contribution >= 4 is 12.4 Å². The molecular formula is C20H20F3NO5. The Morgan fingerprint density at radius 1 is 1.17 bits per heavy atom. The minimum atomic E-state index is -4.44. The molecule has 2 rings (SSSR count). The number of ether oxygens (including phenoxy) is 3. The van der Waals surface area contributed by atoms with Crippen LogP contribution in [0.2, 0.25) is 0 Å². The summed E-state index contributed by atoms with van der Waals surface area (Å²) in [5, 5.41) is 0. The maximum absolute atomic E-state index is 12.8. The number of hydrogen-bond acceptors (Lipinski definition) is 5. The molecule has 0 radical (unpaired) electrons. The number of hydrogen-bond donors (Lipinski definition) is 1. The van der Waals surface area contributed by atoms with Crippen LogP contribution in [0.15, 0.2) is 36.4 Å². The predicted octanol–water partition coefficient (Wildman–Crippen LogP) is 4.41. The van der Waals surface area contributed by atoms with Crippen LogP contribution in [0.4, 0.5) is 18.0 Å². The van der Waals surface area contributed by atoms with Crippen molar-refractivity contribution < 1.29 is 37.0 Å². The molecule has 0 heterocycles. The minimum Gasteiger partial charge on any atom is -0.493 e. The summed E-state index contributed by atoms with van der Waals surface area (Å²) in [5.74, 6) is 0.976. The Balaban J connectivity index is 2.25. The maximum atomic E-state index is 12.8. The van der Waals surface area contributed by atoms with Crippen molar-refractivity contribution in [1.82, 2.24) is 0 Å². The lowest BCUT2D eigenvalue weighted by molar-refractivity contribution is -0.137. The van der Waals surface area contributed by atoms with Crippen LogP contribution in [0.25, 0.3) is 0 Å². The molecule has 0 aliphatic carbocycles. The molecule has 0 aromatic heterocycles. The molecule has 1 unspecified atom stereocenters. The number of primary amides is 1. The maximum Gasteiger partial charge on any atom is 0.416 e. The minimum absolute atomic E-state index is 0.0430. The Hall–Kier alpha value is -3.23. The highest BCUT2D eigenvalue weighted by Crippen LogP contribution is 2.35. The van der Waals surface area contributed by atoms with E-state index < -0.39 is 23.9 Å². The van der Waals surface area contributed by atoms with Gasteiger partial charge in [0.2, 0.25) is 0 Å². The molecule has 29 heavy (non-hydrogen) atoms. The molecule has 2 N–H and O–H groups in total. The quantitative estimate of drug-likeness (QED) is 0.650. The lowest BCUT2D eigenvalue weighted by atomic mass is 10.1. The molecule has 2 aromatic rings. The first-order valence-corrected chi connectivity index (χ1v) is 8.66. The summed E-state index contributed by atoms with van der Waals surface area (Å²) >= 11 is 0. The zero-order valence-corrected chi connectivity index (χ0v) is 15.8. The van der Waals surface area contributed by atoms with E-state index in [4.69, 9.17) is 19.9 Å². The first-order valence-electron chi connectivity index (χ1n) is 8.66. The lowest BCUT2D eigenvalue weighted by Gasteiger charge is -2.16. The Bertz CT molecular complexity index is 883. The number of amides is 1. The molecule has 6 nitrogen and oxygen atoms in total. The van der Waals surface area contributed by atoms with Crippen LogP contribution in [0, 0.1) is 6.92 Å². The summed E-state index contributed by atoms with van der Waals surface area (Å²) in [6.07, 6.45) is -6.08. The van der Waals surface area contributed by atoms with Gasteiger partial charge in [-0.2, -0.15) is 13.2 Å². The predicted molar refractivity (Wildman–Crippen MR) is 98.1 cm³/mol. The second-order valence-corrected chi connectivity index (χ2v) is 6.10. The molecule has 156 valence electrons. The lowest BCUT2D eigenvalue weighted by Crippen LogP contribution is -2.26. The highest BCUT2D eigenvalue weighted by molar-refractivity contribution is 5.69. The Morgan fingerprint density at radius 3 is 2.45 bits per heavy atom. The van der Waals surface area contributed by atoms with Crippen molar-refractivity contribution in [3.05, 3.63) is 53.1 Å². The topological polar surface area (TPSA) is 87.8 Å². The summed E-state index contributed by atoms with van der Waals surface area (Å²) in [7, 11) is 0. The molecule has 0 saturated heterocycles. The first-order chi connectivity index (χ1) is 13.6. The van der Waals surface area contributed by atoms with Crippen molar-refractivity contribution in [2.24, 2.45) is 5.73 Å². The Kier molecular flexibility index (Phi) is 7.08. The number of aldehydes is 1. The Morgan fingerprint density at radius 2 is 1.90 bits per heavy atom. The van der Waals surface area contributed by atoms with Crippen LogP contribution in [-0.2, 0) is 22.1 Å². The number of carbonyl (C=O) groups excluding carboxylic acids is 2. The molecular weight excluding hydrogens is 391 g/mol. The SMILES string of the molecule is CCOc1cc(Oc2ccc(C(F)(F)F)cc2C)ccc1CC(C=O)OC(N)=O. The van der Waals surface area contributed by atoms with Gasteiger partial charge in [-0.1, -0.05) is 6.07 Å². The van der Waals surface area contributed by atoms with Crippen LogP contribution in [0.3, 0.4) is 0 Å². The number of carbonyl (C=O) groups is 2. The smallest absolute Gasteiger partial charge is 0.416 e. The largest absolute Gasteiger partial charge is 0.493 e. The second-order valence-electron chi connectivity index (χ2n) is 6.10. The van der Waals surface area contributed by atoms with Crippen molar-refractivity contribution in [3.8, 4) is 17.2 Å². The van der Waals surface area contributed by atoms with E-state index in [-0.39, 0.29) is 12.2 Å². The average molecular weight is 411 g/mol. The van der Waals surface area contributed by atoms with Crippen LogP contribution in [-0.4, -0.2) is 25.1 Å². The Labute approximate surface area is 165 Å². The molecule has 1 atom stereocenters. The van der Waals surface area contributed by atoms with Crippen molar-refractivity contribution in [2.75, 3.05) is 6.61 Å². The monoisotopic (exact) mass is 411 g/mol. The van der Waals surface area contributed by atoms with Crippen molar-refractivity contribution in [3.63, 3.8) is 0 Å². The first kappa shape index (κ1) is 22.1. The molecule has 0 fully saturated rings. The molecule has 0 aliphatic heterocycles. The van der Waals surface area contributed by atoms with E-state index in [1.165, 1.54) is 13.0 Å². The number of benzene rings is 2. The summed E-state index contributed by atoms with van der Waals surface area (Å²) in [6.45, 7) is 3.59. The van der Waals surface area contributed by atoms with Gasteiger partial charge in [0, 0.05) is 12.5 Å². The number of nitrogens with two attached hydrogens (primary N) is 1. The van der Waals surface area contributed by atoms with Gasteiger partial charge in [-0.15, -0.1) is 0 Å². The van der Waals surface area contributed by atoms with E-state index in [1.807, 2.05) is 0 Å². The summed E-state index contributed by atoms with van der Waals surface area (Å²) in [6, 6.07) is 7.91. The van der Waals surface area contributed by atoms with Gasteiger partial charge in [0.05, 0.1) is 12.2 Å². The van der Waals surface area contributed by atoms with Crippen LogP contribution >= 0.6 is 0 Å². The van der Waals surface area contributed by atoms with Gasteiger partial charge in [0.25, 0.3) is 0 Å². The number of aryl methyl sites for hydroxylation is 1. The molecule has 0 aliphatic rings. The second kappa shape index (κ2) is 9.31. The molecule has 2 aromatic carbocycles. The number of halogens is 3. The van der Waals surface area contributed by atoms with Crippen LogP contribution in [0.5, 0.6) is 17.2 Å². The van der Waals surface area contributed by atoms with E-state index in [0.717, 1.165) is 12.1 Å². The molecule has 0 bridgehead atoms. The van der Waals surface area contributed by atoms with E-state index >= 15 is 0 Å². The third-order valence-corrected chi connectivity index (χ3v) is 3.91. The van der Waals surface area contributed by atoms with Gasteiger partial charge in [0.15, 0.2) is 12.4 Å². The van der Waals surface area contributed by atoms with Crippen LogP contribution in [0.1, 0.15) is 23.6 Å². The zero-order valence-electron chi connectivity index (χ0n) is 15.8. The molecule has 1 amide bonds. The van der Waals surface area contributed by atoms with Crippen molar-refractivity contribution in [1.29, 1.82) is 0 Å². The standard InChI is InChI=1S/C20H20F3NO5/c1-3-27-18-10-15(6-4-13(18)9-16(11-25)29-19(24)26)28-17-7-5-14(8-12(17)2)20(21,22)23/h4-8,10-11,16H,3,9H2,1-2H3,(H2,24,26). The van der Waals surface area contributed by atoms with Crippen molar-refractivity contribution in [2.45, 2.75) is 32.5 Å². The molecule has 0 saturated carbocycles. The van der Waals surface area contributed by atoms with Gasteiger partial charge in [-0.3, -0.25) is 4.79 Å². The van der Waals surface area contributed by atoms with Gasteiger partial charge in [-0.05, 0) is 49.2 Å². The fourth-order valence-electron chi connectivity index (χ4n) is 2.61. The van der Waals surface area contributed by atoms with E-state index in [1.54, 1.807) is 25.1 Å². The molecule has 0 spiro atoms. The van der Waals surface area contributed by atoms with Gasteiger partial charge >= 0.3 is 12.3 Å². The fraction of sp³-hybridized carbons (Fsp3) is 0.300. The van der Waals surface area contributed by atoms with Gasteiger partial charge in [0.1, 0.15) is 17.2 Å². The number of alkyl halides is 3. The highest BCUT2D eigenvalue weighted by atomic mass is 19.4. The van der Waals surface area contributed by atoms with Gasteiger partial charge in [-0.25, -0.2) is 4.79 Å². The van der Waals surface area contributed by atoms with Gasteiger partial charge < -0.3 is 19.9 Å². The van der Waals surface area contributed by atoms with Crippen LogP contribution < -0.4 is 15.2 Å². The third-order valence-electron chi connectivity index (χ3n) is 3.91. The highest BCUT2D eigenvalue weighted by Gasteiger charge is 2.30. The fourth-order valence-corrected chi connectivity index (χ4v) is 2.61. The third kappa shape index (κ3) is 6.13. The summed E-state index contributed by atoms with van der Waals surface area (Å²) in [5.41, 5.74) is 5.07.